The molecule has 0 bridgehead atoms. The van der Waals surface area contributed by atoms with Crippen LogP contribution in [0.5, 0.6) is 0 Å². The SMILES string of the molecule is CC(C)N(CCc1ccccc1)Cc1ccccc1N. The average Bonchev–Trinajstić information content (AvgIpc) is 2.46. The van der Waals surface area contributed by atoms with Crippen molar-refractivity contribution in [3.8, 4) is 0 Å². The van der Waals surface area contributed by atoms with E-state index in [1.54, 1.807) is 0 Å². The first-order valence-corrected chi connectivity index (χ1v) is 7.28. The number of hydrogen-bond acceptors (Lipinski definition) is 2. The first-order valence-electron chi connectivity index (χ1n) is 7.28. The summed E-state index contributed by atoms with van der Waals surface area (Å²) in [7, 11) is 0. The van der Waals surface area contributed by atoms with E-state index in [9.17, 15) is 0 Å². The highest BCUT2D eigenvalue weighted by Crippen LogP contribution is 2.15. The number of nitrogen functional groups attached to an aromatic ring is 1. The van der Waals surface area contributed by atoms with E-state index in [1.807, 2.05) is 12.1 Å². The second-order valence-electron chi connectivity index (χ2n) is 5.50. The van der Waals surface area contributed by atoms with Crippen molar-refractivity contribution in [1.82, 2.24) is 4.90 Å². The molecule has 0 unspecified atom stereocenters. The highest BCUT2D eigenvalue weighted by Gasteiger charge is 2.11. The average molecular weight is 268 g/mol. The molecule has 0 saturated heterocycles. The monoisotopic (exact) mass is 268 g/mol. The Hall–Kier alpha value is -1.80. The zero-order chi connectivity index (χ0) is 14.4. The maximum atomic E-state index is 6.05. The van der Waals surface area contributed by atoms with Crippen molar-refractivity contribution in [1.29, 1.82) is 0 Å². The van der Waals surface area contributed by atoms with Crippen LogP contribution in [0, 0.1) is 0 Å². The minimum absolute atomic E-state index is 0.512. The fraction of sp³-hybridized carbons (Fsp3) is 0.333. The lowest BCUT2D eigenvalue weighted by Gasteiger charge is -2.27. The van der Waals surface area contributed by atoms with E-state index in [1.165, 1.54) is 11.1 Å². The maximum absolute atomic E-state index is 6.05. The van der Waals surface area contributed by atoms with E-state index in [0.717, 1.165) is 25.2 Å². The smallest absolute Gasteiger partial charge is 0.0359 e. The van der Waals surface area contributed by atoms with Crippen LogP contribution in [0.25, 0.3) is 0 Å². The number of rotatable bonds is 6. The molecule has 0 saturated carbocycles. The fourth-order valence-corrected chi connectivity index (χ4v) is 2.33. The van der Waals surface area contributed by atoms with Crippen LogP contribution >= 0.6 is 0 Å². The van der Waals surface area contributed by atoms with Crippen molar-refractivity contribution in [2.45, 2.75) is 32.9 Å². The molecule has 0 radical (unpaired) electrons. The molecule has 2 N–H and O–H groups in total. The summed E-state index contributed by atoms with van der Waals surface area (Å²) in [6, 6.07) is 19.3. The molecule has 0 aliphatic rings. The van der Waals surface area contributed by atoms with Gasteiger partial charge in [-0.1, -0.05) is 48.5 Å². The van der Waals surface area contributed by atoms with Crippen LogP contribution in [-0.4, -0.2) is 17.5 Å². The molecule has 0 aromatic heterocycles. The molecule has 0 atom stereocenters. The maximum Gasteiger partial charge on any atom is 0.0359 e. The topological polar surface area (TPSA) is 29.3 Å². The lowest BCUT2D eigenvalue weighted by atomic mass is 10.1. The Labute approximate surface area is 122 Å². The van der Waals surface area contributed by atoms with Crippen molar-refractivity contribution in [2.75, 3.05) is 12.3 Å². The van der Waals surface area contributed by atoms with E-state index in [-0.39, 0.29) is 0 Å². The number of para-hydroxylation sites is 1. The van der Waals surface area contributed by atoms with Crippen LogP contribution in [0.3, 0.4) is 0 Å². The number of anilines is 1. The van der Waals surface area contributed by atoms with Gasteiger partial charge < -0.3 is 5.73 Å². The van der Waals surface area contributed by atoms with Crippen molar-refractivity contribution < 1.29 is 0 Å². The molecule has 0 fully saturated rings. The molecule has 0 aliphatic carbocycles. The first kappa shape index (κ1) is 14.6. The van der Waals surface area contributed by atoms with Gasteiger partial charge in [-0.3, -0.25) is 4.90 Å². The van der Waals surface area contributed by atoms with E-state index in [2.05, 4.69) is 61.2 Å². The summed E-state index contributed by atoms with van der Waals surface area (Å²) in [5.41, 5.74) is 9.54. The third-order valence-corrected chi connectivity index (χ3v) is 3.69. The highest BCUT2D eigenvalue weighted by molar-refractivity contribution is 5.46. The zero-order valence-electron chi connectivity index (χ0n) is 12.4. The van der Waals surface area contributed by atoms with Gasteiger partial charge in [-0.15, -0.1) is 0 Å². The molecule has 2 heteroatoms. The Kier molecular flexibility index (Phi) is 5.19. The van der Waals surface area contributed by atoms with Gasteiger partial charge in [-0.05, 0) is 37.5 Å². The van der Waals surface area contributed by atoms with Crippen LogP contribution in [0.1, 0.15) is 25.0 Å². The number of nitrogens with two attached hydrogens (primary N) is 1. The summed E-state index contributed by atoms with van der Waals surface area (Å²) in [4.78, 5) is 2.47. The van der Waals surface area contributed by atoms with E-state index in [0.29, 0.717) is 6.04 Å². The summed E-state index contributed by atoms with van der Waals surface area (Å²) in [5, 5.41) is 0. The third kappa shape index (κ3) is 4.10. The van der Waals surface area contributed by atoms with Gasteiger partial charge in [0.1, 0.15) is 0 Å². The quantitative estimate of drug-likeness (QED) is 0.809. The summed E-state index contributed by atoms with van der Waals surface area (Å²) < 4.78 is 0. The van der Waals surface area contributed by atoms with E-state index in [4.69, 9.17) is 5.73 Å². The Morgan fingerprint density at radius 3 is 2.25 bits per heavy atom. The first-order chi connectivity index (χ1) is 9.66. The standard InChI is InChI=1S/C18H24N2/c1-15(2)20(13-12-16-8-4-3-5-9-16)14-17-10-6-7-11-18(17)19/h3-11,15H,12-14,19H2,1-2H3. The molecule has 0 aliphatic heterocycles. The van der Waals surface area contributed by atoms with Gasteiger partial charge in [0.2, 0.25) is 0 Å². The van der Waals surface area contributed by atoms with Crippen LogP contribution in [-0.2, 0) is 13.0 Å². The fourth-order valence-electron chi connectivity index (χ4n) is 2.33. The Morgan fingerprint density at radius 1 is 0.950 bits per heavy atom. The van der Waals surface area contributed by atoms with Gasteiger partial charge in [-0.2, -0.15) is 0 Å². The van der Waals surface area contributed by atoms with Gasteiger partial charge in [0.05, 0.1) is 0 Å². The minimum atomic E-state index is 0.512. The Bertz CT molecular complexity index is 520. The van der Waals surface area contributed by atoms with Crippen LogP contribution in [0.2, 0.25) is 0 Å². The Morgan fingerprint density at radius 2 is 1.60 bits per heavy atom. The van der Waals surface area contributed by atoms with Crippen molar-refractivity contribution >= 4 is 5.69 Å². The Balaban J connectivity index is 1.99. The lowest BCUT2D eigenvalue weighted by molar-refractivity contribution is 0.216. The molecule has 106 valence electrons. The van der Waals surface area contributed by atoms with Gasteiger partial charge in [0.25, 0.3) is 0 Å². The van der Waals surface area contributed by atoms with Crippen molar-refractivity contribution in [3.63, 3.8) is 0 Å². The largest absolute Gasteiger partial charge is 0.398 e. The molecule has 0 amide bonds. The summed E-state index contributed by atoms with van der Waals surface area (Å²) in [6.45, 7) is 6.45. The summed E-state index contributed by atoms with van der Waals surface area (Å²) in [6.07, 6.45) is 1.08. The van der Waals surface area contributed by atoms with E-state index >= 15 is 0 Å². The summed E-state index contributed by atoms with van der Waals surface area (Å²) in [5.74, 6) is 0. The second kappa shape index (κ2) is 7.11. The van der Waals surface area contributed by atoms with Gasteiger partial charge >= 0.3 is 0 Å². The van der Waals surface area contributed by atoms with Gasteiger partial charge in [-0.25, -0.2) is 0 Å². The molecular weight excluding hydrogens is 244 g/mol. The molecule has 20 heavy (non-hydrogen) atoms. The van der Waals surface area contributed by atoms with Gasteiger partial charge in [0, 0.05) is 24.8 Å². The van der Waals surface area contributed by atoms with Crippen LogP contribution in [0.4, 0.5) is 5.69 Å². The predicted octanol–water partition coefficient (Wildman–Crippen LogP) is 3.72. The number of nitrogens with zero attached hydrogens (tertiary/aromatic N) is 1. The zero-order valence-corrected chi connectivity index (χ0v) is 12.4. The van der Waals surface area contributed by atoms with Crippen LogP contribution in [0.15, 0.2) is 54.6 Å². The minimum Gasteiger partial charge on any atom is -0.398 e. The van der Waals surface area contributed by atoms with Gasteiger partial charge in [0.15, 0.2) is 0 Å². The molecule has 2 aromatic carbocycles. The normalized spacial score (nSPS) is 11.2. The number of benzene rings is 2. The lowest BCUT2D eigenvalue weighted by Crippen LogP contribution is -2.32. The molecule has 2 rings (SSSR count). The second-order valence-corrected chi connectivity index (χ2v) is 5.50. The molecule has 2 nitrogen and oxygen atoms in total. The van der Waals surface area contributed by atoms with Crippen molar-refractivity contribution in [2.24, 2.45) is 0 Å². The number of hydrogen-bond donors (Lipinski definition) is 1. The summed E-state index contributed by atoms with van der Waals surface area (Å²) >= 11 is 0. The van der Waals surface area contributed by atoms with E-state index < -0.39 is 0 Å². The van der Waals surface area contributed by atoms with Crippen LogP contribution < -0.4 is 5.73 Å². The molecular formula is C18H24N2. The molecule has 2 aromatic rings. The third-order valence-electron chi connectivity index (χ3n) is 3.69. The van der Waals surface area contributed by atoms with Crippen molar-refractivity contribution in [3.05, 3.63) is 65.7 Å². The molecule has 0 heterocycles. The predicted molar refractivity (Wildman–Crippen MR) is 86.5 cm³/mol. The highest BCUT2D eigenvalue weighted by atomic mass is 15.1. The molecule has 0 spiro atoms.